The van der Waals surface area contributed by atoms with Crippen molar-refractivity contribution >= 4 is 33.2 Å². The van der Waals surface area contributed by atoms with E-state index in [4.69, 9.17) is 25.8 Å². The number of nitrogens with one attached hydrogen (secondary N) is 1. The summed E-state index contributed by atoms with van der Waals surface area (Å²) in [5.41, 5.74) is 2.90. The van der Waals surface area contributed by atoms with Crippen molar-refractivity contribution in [3.8, 4) is 5.75 Å². The van der Waals surface area contributed by atoms with Crippen LogP contribution in [0.3, 0.4) is 0 Å². The Labute approximate surface area is 320 Å². The number of carbonyl (C=O) groups is 1. The molecule has 8 rings (SSSR count). The number of carbonyl (C=O) groups excluding carboxylic acids is 1. The standard InChI is InChI=1S/C41H55ClN4O6S/c1-28-12-14-41(50-3,26-44-15-17-45(18-16-44)34-22-51-23-34)36-9-6-32(36)21-46-25-40(13-4-5-30-19-33(42)8-10-35(30)40)27-52-38-11-7-31(20-37(38)46)39(47)43-53(48,49)24-29(28)2/h7-8,10-12,14,19-20,28-29,32,34,36H,4-6,9,13,15-18,21-27H2,1-3H3,(H,43,47)/b14-12+/t28-,29+,32-,36+,40-,41+/m0/s1. The summed E-state index contributed by atoms with van der Waals surface area (Å²) in [7, 11) is -2.05. The fourth-order valence-electron chi connectivity index (χ4n) is 9.86. The van der Waals surface area contributed by atoms with Crippen molar-refractivity contribution < 1.29 is 27.4 Å². The Morgan fingerprint density at radius 2 is 1.87 bits per heavy atom. The summed E-state index contributed by atoms with van der Waals surface area (Å²) in [6.07, 6.45) is 9.57. The smallest absolute Gasteiger partial charge is 0.264 e. The Kier molecular flexibility index (Phi) is 10.4. The number of halogens is 1. The monoisotopic (exact) mass is 766 g/mol. The van der Waals surface area contributed by atoms with Gasteiger partial charge in [0.15, 0.2) is 0 Å². The fourth-order valence-corrected chi connectivity index (χ4v) is 11.5. The Morgan fingerprint density at radius 1 is 1.06 bits per heavy atom. The molecule has 1 amide bonds. The second-order valence-electron chi connectivity index (χ2n) is 16.8. The predicted octanol–water partition coefficient (Wildman–Crippen LogP) is 5.14. The molecule has 0 radical (unpaired) electrons. The van der Waals surface area contributed by atoms with Crippen LogP contribution in [0.25, 0.3) is 0 Å². The molecular weight excluding hydrogens is 712 g/mol. The SMILES string of the molecule is CO[C@@]1(CN2CCN(C3COC3)CC2)/C=C/[C@H](C)[C@H](C)CS(=O)(=O)NC(=O)c2ccc3c(c2)N(C[C@@H]2CC[C@H]21)C[C@@]1(CCCc2cc(Cl)ccc21)CO3. The van der Waals surface area contributed by atoms with Crippen LogP contribution in [0.4, 0.5) is 5.69 Å². The molecule has 4 heterocycles. The van der Waals surface area contributed by atoms with E-state index >= 15 is 0 Å². The Bertz CT molecular complexity index is 1830. The first-order valence-corrected chi connectivity index (χ1v) is 21.6. The van der Waals surface area contributed by atoms with Crippen molar-refractivity contribution in [1.29, 1.82) is 0 Å². The highest BCUT2D eigenvalue weighted by Crippen LogP contribution is 2.49. The lowest BCUT2D eigenvalue weighted by Gasteiger charge is -2.52. The maximum atomic E-state index is 13.6. The van der Waals surface area contributed by atoms with Crippen LogP contribution < -0.4 is 14.4 Å². The minimum Gasteiger partial charge on any atom is -0.490 e. The van der Waals surface area contributed by atoms with Gasteiger partial charge in [-0.3, -0.25) is 14.6 Å². The number of hydrogen-bond donors (Lipinski definition) is 1. The second kappa shape index (κ2) is 14.8. The molecule has 1 N–H and O–H groups in total. The van der Waals surface area contributed by atoms with Crippen molar-refractivity contribution in [2.24, 2.45) is 23.7 Å². The molecule has 1 spiro atoms. The molecule has 2 aliphatic carbocycles. The van der Waals surface area contributed by atoms with Gasteiger partial charge in [-0.2, -0.15) is 0 Å². The molecule has 0 aromatic heterocycles. The number of nitrogens with zero attached hydrogens (tertiary/aromatic N) is 3. The van der Waals surface area contributed by atoms with Gasteiger partial charge in [0.05, 0.1) is 37.3 Å². The van der Waals surface area contributed by atoms with Crippen LogP contribution in [0.2, 0.25) is 5.02 Å². The number of ether oxygens (including phenoxy) is 3. The van der Waals surface area contributed by atoms with E-state index in [2.05, 4.69) is 50.6 Å². The largest absolute Gasteiger partial charge is 0.490 e. The lowest BCUT2D eigenvalue weighted by atomic mass is 9.63. The van der Waals surface area contributed by atoms with E-state index in [0.717, 1.165) is 108 Å². The number of benzene rings is 2. The first-order valence-electron chi connectivity index (χ1n) is 19.6. The summed E-state index contributed by atoms with van der Waals surface area (Å²) in [6, 6.07) is 12.2. The number of anilines is 1. The van der Waals surface area contributed by atoms with Crippen molar-refractivity contribution in [3.63, 3.8) is 0 Å². The lowest BCUT2D eigenvalue weighted by Crippen LogP contribution is -2.61. The number of piperazine rings is 1. The third-order valence-corrected chi connectivity index (χ3v) is 15.2. The van der Waals surface area contributed by atoms with Gasteiger partial charge in [0.25, 0.3) is 5.91 Å². The highest BCUT2D eigenvalue weighted by atomic mass is 35.5. The zero-order valence-corrected chi connectivity index (χ0v) is 33.0. The molecule has 6 atom stereocenters. The van der Waals surface area contributed by atoms with Gasteiger partial charge in [0, 0.05) is 68.9 Å². The van der Waals surface area contributed by atoms with Crippen molar-refractivity contribution in [2.75, 3.05) is 83.4 Å². The third kappa shape index (κ3) is 7.38. The van der Waals surface area contributed by atoms with Gasteiger partial charge in [0.1, 0.15) is 11.4 Å². The van der Waals surface area contributed by atoms with Crippen LogP contribution in [0.15, 0.2) is 48.6 Å². The molecule has 10 nitrogen and oxygen atoms in total. The predicted molar refractivity (Wildman–Crippen MR) is 208 cm³/mol. The van der Waals surface area contributed by atoms with Crippen LogP contribution in [-0.4, -0.2) is 114 Å². The van der Waals surface area contributed by atoms with Crippen molar-refractivity contribution in [1.82, 2.24) is 14.5 Å². The summed E-state index contributed by atoms with van der Waals surface area (Å²) >= 11 is 6.51. The van der Waals surface area contributed by atoms with E-state index in [1.807, 2.05) is 32.2 Å². The maximum Gasteiger partial charge on any atom is 0.264 e. The molecule has 0 unspecified atom stereocenters. The first-order chi connectivity index (χ1) is 25.5. The van der Waals surface area contributed by atoms with E-state index < -0.39 is 21.5 Å². The molecule has 2 aromatic carbocycles. The van der Waals surface area contributed by atoms with Gasteiger partial charge in [0.2, 0.25) is 10.0 Å². The summed E-state index contributed by atoms with van der Waals surface area (Å²) in [6.45, 7) is 12.4. The highest BCUT2D eigenvalue weighted by Gasteiger charge is 2.50. The van der Waals surface area contributed by atoms with Crippen LogP contribution in [0.5, 0.6) is 5.75 Å². The maximum absolute atomic E-state index is 13.6. The molecule has 288 valence electrons. The van der Waals surface area contributed by atoms with Crippen molar-refractivity contribution in [3.05, 3.63) is 70.3 Å². The molecule has 53 heavy (non-hydrogen) atoms. The number of rotatable bonds is 4. The third-order valence-electron chi connectivity index (χ3n) is 13.5. The number of hydrogen-bond acceptors (Lipinski definition) is 9. The van der Waals surface area contributed by atoms with E-state index in [-0.39, 0.29) is 28.9 Å². The quantitative estimate of drug-likeness (QED) is 0.425. The van der Waals surface area contributed by atoms with Gasteiger partial charge in [-0.1, -0.05) is 43.7 Å². The van der Waals surface area contributed by atoms with Crippen LogP contribution in [-0.2, 0) is 31.3 Å². The minimum absolute atomic E-state index is 0.0496. The van der Waals surface area contributed by atoms with E-state index in [1.165, 1.54) is 11.1 Å². The molecular formula is C41H55ClN4O6S. The van der Waals surface area contributed by atoms with E-state index in [1.54, 1.807) is 6.07 Å². The lowest BCUT2D eigenvalue weighted by molar-refractivity contribution is -0.107. The normalized spacial score (nSPS) is 34.4. The number of fused-ring (bicyclic) bond motifs is 4. The minimum atomic E-state index is -3.91. The molecule has 1 saturated carbocycles. The summed E-state index contributed by atoms with van der Waals surface area (Å²) in [5, 5.41) is 0.748. The average Bonchev–Trinajstić information content (AvgIpc) is 3.24. The molecule has 2 saturated heterocycles. The molecule has 2 aromatic rings. The molecule has 12 heteroatoms. The van der Waals surface area contributed by atoms with Crippen LogP contribution in [0, 0.1) is 23.7 Å². The van der Waals surface area contributed by atoms with E-state index in [9.17, 15) is 13.2 Å². The molecule has 6 aliphatic rings. The fraction of sp³-hybridized carbons (Fsp3) is 0.634. The van der Waals surface area contributed by atoms with Gasteiger partial charge in [-0.05, 0) is 97.2 Å². The number of methoxy groups -OCH3 is 1. The van der Waals surface area contributed by atoms with Crippen LogP contribution in [0.1, 0.15) is 61.0 Å². The summed E-state index contributed by atoms with van der Waals surface area (Å²) in [5.74, 6) is 0.272. The van der Waals surface area contributed by atoms with E-state index in [0.29, 0.717) is 24.1 Å². The Balaban J connectivity index is 1.17. The molecule has 2 bridgehead atoms. The Morgan fingerprint density at radius 3 is 2.58 bits per heavy atom. The topological polar surface area (TPSA) is 101 Å². The number of allylic oxidation sites excluding steroid dienone is 1. The summed E-state index contributed by atoms with van der Waals surface area (Å²) < 4.78 is 48.1. The number of sulfonamides is 1. The van der Waals surface area contributed by atoms with Gasteiger partial charge < -0.3 is 19.1 Å². The number of amides is 1. The van der Waals surface area contributed by atoms with Crippen LogP contribution >= 0.6 is 11.6 Å². The molecule has 3 fully saturated rings. The molecule has 4 aliphatic heterocycles. The van der Waals surface area contributed by atoms with Crippen molar-refractivity contribution in [2.45, 2.75) is 63.0 Å². The van der Waals surface area contributed by atoms with Gasteiger partial charge in [-0.15, -0.1) is 0 Å². The number of aryl methyl sites for hydroxylation is 1. The second-order valence-corrected chi connectivity index (χ2v) is 19.0. The highest BCUT2D eigenvalue weighted by molar-refractivity contribution is 7.90. The summed E-state index contributed by atoms with van der Waals surface area (Å²) in [4.78, 5) is 21.1. The first kappa shape index (κ1) is 37.3. The Hall–Kier alpha value is -2.67. The average molecular weight is 767 g/mol. The zero-order valence-electron chi connectivity index (χ0n) is 31.4. The van der Waals surface area contributed by atoms with Gasteiger partial charge in [-0.25, -0.2) is 13.1 Å². The van der Waals surface area contributed by atoms with Gasteiger partial charge >= 0.3 is 0 Å². The zero-order chi connectivity index (χ0) is 37.0.